The summed E-state index contributed by atoms with van der Waals surface area (Å²) in [5.41, 5.74) is 2.46. The summed E-state index contributed by atoms with van der Waals surface area (Å²) in [4.78, 5) is 23.2. The lowest BCUT2D eigenvalue weighted by Crippen LogP contribution is -2.39. The Morgan fingerprint density at radius 3 is 2.50 bits per heavy atom. The van der Waals surface area contributed by atoms with Crippen LogP contribution in [0.5, 0.6) is 0 Å². The topological polar surface area (TPSA) is 70.2 Å². The fourth-order valence-electron chi connectivity index (χ4n) is 2.00. The third kappa shape index (κ3) is 7.11. The van der Waals surface area contributed by atoms with Crippen LogP contribution in [0.1, 0.15) is 37.8 Å². The molecule has 0 aromatic heterocycles. The van der Waals surface area contributed by atoms with Gasteiger partial charge in [0.05, 0.1) is 0 Å². The molecule has 0 spiro atoms. The molecule has 1 aromatic carbocycles. The van der Waals surface area contributed by atoms with Crippen LogP contribution in [-0.2, 0) is 11.2 Å². The van der Waals surface area contributed by atoms with E-state index in [0.717, 1.165) is 12.8 Å². The van der Waals surface area contributed by atoms with Crippen molar-refractivity contribution in [2.24, 2.45) is 0 Å². The molecule has 0 heterocycles. The molecule has 3 N–H and O–H groups in total. The van der Waals surface area contributed by atoms with E-state index in [2.05, 4.69) is 35.0 Å². The molecule has 0 saturated carbocycles. The molecule has 1 aromatic rings. The normalized spacial score (nSPS) is 11.6. The van der Waals surface area contributed by atoms with Gasteiger partial charge in [-0.2, -0.15) is 0 Å². The lowest BCUT2D eigenvalue weighted by molar-refractivity contribution is -0.121. The van der Waals surface area contributed by atoms with E-state index in [1.54, 1.807) is 0 Å². The Balaban J connectivity index is 2.14. The van der Waals surface area contributed by atoms with Crippen LogP contribution in [0.4, 0.5) is 4.79 Å². The van der Waals surface area contributed by atoms with Crippen molar-refractivity contribution in [3.8, 4) is 0 Å². The van der Waals surface area contributed by atoms with Crippen LogP contribution < -0.4 is 16.0 Å². The SMILES string of the molecule is CC[C@@H](C)NC(=O)CCNC(=O)NCCc1ccccc1C. The Labute approximate surface area is 132 Å². The Bertz CT molecular complexity index is 489. The maximum absolute atomic E-state index is 11.6. The fourth-order valence-corrected chi connectivity index (χ4v) is 2.00. The average Bonchev–Trinajstić information content (AvgIpc) is 2.49. The summed E-state index contributed by atoms with van der Waals surface area (Å²) in [5.74, 6) is -0.0328. The third-order valence-electron chi connectivity index (χ3n) is 3.60. The monoisotopic (exact) mass is 305 g/mol. The first-order valence-corrected chi connectivity index (χ1v) is 7.88. The highest BCUT2D eigenvalue weighted by Gasteiger charge is 2.06. The molecule has 0 unspecified atom stereocenters. The number of carbonyl (C=O) groups is 2. The molecule has 0 aliphatic carbocycles. The van der Waals surface area contributed by atoms with Crippen molar-refractivity contribution in [3.63, 3.8) is 0 Å². The first-order valence-electron chi connectivity index (χ1n) is 7.88. The zero-order chi connectivity index (χ0) is 16.4. The predicted octanol–water partition coefficient (Wildman–Crippen LogP) is 2.14. The van der Waals surface area contributed by atoms with E-state index in [1.807, 2.05) is 26.0 Å². The van der Waals surface area contributed by atoms with E-state index < -0.39 is 0 Å². The highest BCUT2D eigenvalue weighted by Crippen LogP contribution is 2.06. The average molecular weight is 305 g/mol. The summed E-state index contributed by atoms with van der Waals surface area (Å²) in [5, 5.41) is 8.36. The van der Waals surface area contributed by atoms with Crippen molar-refractivity contribution in [2.45, 2.75) is 46.1 Å². The molecule has 5 heteroatoms. The summed E-state index contributed by atoms with van der Waals surface area (Å²) < 4.78 is 0. The summed E-state index contributed by atoms with van der Waals surface area (Å²) >= 11 is 0. The molecule has 0 bridgehead atoms. The molecule has 5 nitrogen and oxygen atoms in total. The lowest BCUT2D eigenvalue weighted by atomic mass is 10.1. The van der Waals surface area contributed by atoms with Gasteiger partial charge in [-0.15, -0.1) is 0 Å². The number of hydrogen-bond acceptors (Lipinski definition) is 2. The highest BCUT2D eigenvalue weighted by molar-refractivity contribution is 5.78. The van der Waals surface area contributed by atoms with Crippen molar-refractivity contribution in [3.05, 3.63) is 35.4 Å². The number of benzene rings is 1. The Morgan fingerprint density at radius 1 is 1.14 bits per heavy atom. The maximum Gasteiger partial charge on any atom is 0.314 e. The number of carbonyl (C=O) groups excluding carboxylic acids is 2. The van der Waals surface area contributed by atoms with Crippen molar-refractivity contribution in [1.29, 1.82) is 0 Å². The van der Waals surface area contributed by atoms with Crippen LogP contribution in [0.3, 0.4) is 0 Å². The molecule has 3 amide bonds. The minimum Gasteiger partial charge on any atom is -0.354 e. The van der Waals surface area contributed by atoms with Gasteiger partial charge in [-0.3, -0.25) is 4.79 Å². The van der Waals surface area contributed by atoms with Gasteiger partial charge in [0, 0.05) is 25.6 Å². The number of aryl methyl sites for hydroxylation is 1. The van der Waals surface area contributed by atoms with E-state index in [4.69, 9.17) is 0 Å². The Hall–Kier alpha value is -2.04. The third-order valence-corrected chi connectivity index (χ3v) is 3.60. The summed E-state index contributed by atoms with van der Waals surface area (Å²) in [6.45, 7) is 6.97. The van der Waals surface area contributed by atoms with Crippen LogP contribution in [0.15, 0.2) is 24.3 Å². The highest BCUT2D eigenvalue weighted by atomic mass is 16.2. The summed E-state index contributed by atoms with van der Waals surface area (Å²) in [6.07, 6.45) is 2.00. The van der Waals surface area contributed by atoms with E-state index >= 15 is 0 Å². The second-order valence-corrected chi connectivity index (χ2v) is 5.49. The van der Waals surface area contributed by atoms with E-state index in [-0.39, 0.29) is 18.0 Å². The molecular weight excluding hydrogens is 278 g/mol. The van der Waals surface area contributed by atoms with E-state index in [0.29, 0.717) is 19.5 Å². The zero-order valence-corrected chi connectivity index (χ0v) is 13.7. The molecule has 0 saturated heterocycles. The van der Waals surface area contributed by atoms with Crippen LogP contribution in [0.25, 0.3) is 0 Å². The van der Waals surface area contributed by atoms with E-state index in [1.165, 1.54) is 11.1 Å². The van der Waals surface area contributed by atoms with Crippen LogP contribution in [-0.4, -0.2) is 31.1 Å². The van der Waals surface area contributed by atoms with Crippen LogP contribution in [0.2, 0.25) is 0 Å². The largest absolute Gasteiger partial charge is 0.354 e. The summed E-state index contributed by atoms with van der Waals surface area (Å²) in [7, 11) is 0. The van der Waals surface area contributed by atoms with Gasteiger partial charge in [0.15, 0.2) is 0 Å². The number of nitrogens with one attached hydrogen (secondary N) is 3. The standard InChI is InChI=1S/C17H27N3O2/c1-4-14(3)20-16(21)10-12-19-17(22)18-11-9-15-8-6-5-7-13(15)2/h5-8,14H,4,9-12H2,1-3H3,(H,20,21)(H2,18,19,22)/t14-/m1/s1. The molecule has 122 valence electrons. The number of hydrogen-bond donors (Lipinski definition) is 3. The molecule has 1 rings (SSSR count). The van der Waals surface area contributed by atoms with Gasteiger partial charge in [0.2, 0.25) is 5.91 Å². The van der Waals surface area contributed by atoms with Gasteiger partial charge in [0.1, 0.15) is 0 Å². The van der Waals surface area contributed by atoms with Gasteiger partial charge < -0.3 is 16.0 Å². The second kappa shape index (κ2) is 9.82. The minimum absolute atomic E-state index is 0.0328. The van der Waals surface area contributed by atoms with Crippen LogP contribution in [0, 0.1) is 6.92 Å². The summed E-state index contributed by atoms with van der Waals surface area (Å²) in [6, 6.07) is 8.07. The van der Waals surface area contributed by atoms with Crippen molar-refractivity contribution in [1.82, 2.24) is 16.0 Å². The van der Waals surface area contributed by atoms with Crippen molar-refractivity contribution < 1.29 is 9.59 Å². The molecule has 22 heavy (non-hydrogen) atoms. The molecule has 0 aliphatic rings. The van der Waals surface area contributed by atoms with Gasteiger partial charge in [-0.25, -0.2) is 4.79 Å². The number of rotatable bonds is 8. The quantitative estimate of drug-likeness (QED) is 0.688. The molecule has 0 fully saturated rings. The second-order valence-electron chi connectivity index (χ2n) is 5.49. The Kier molecular flexibility index (Phi) is 8.04. The first-order chi connectivity index (χ1) is 10.5. The predicted molar refractivity (Wildman–Crippen MR) is 88.8 cm³/mol. The van der Waals surface area contributed by atoms with E-state index in [9.17, 15) is 9.59 Å². The van der Waals surface area contributed by atoms with Crippen LogP contribution >= 0.6 is 0 Å². The minimum atomic E-state index is -0.232. The van der Waals surface area contributed by atoms with Gasteiger partial charge in [-0.1, -0.05) is 31.2 Å². The Morgan fingerprint density at radius 2 is 1.82 bits per heavy atom. The number of amides is 3. The molecule has 0 radical (unpaired) electrons. The number of urea groups is 1. The first kappa shape index (κ1) is 18.0. The fraction of sp³-hybridized carbons (Fsp3) is 0.529. The van der Waals surface area contributed by atoms with Gasteiger partial charge >= 0.3 is 6.03 Å². The van der Waals surface area contributed by atoms with Gasteiger partial charge in [0.25, 0.3) is 0 Å². The molecule has 1 atom stereocenters. The lowest BCUT2D eigenvalue weighted by Gasteiger charge is -2.12. The molecular formula is C17H27N3O2. The van der Waals surface area contributed by atoms with Crippen molar-refractivity contribution >= 4 is 11.9 Å². The molecule has 0 aliphatic heterocycles. The smallest absolute Gasteiger partial charge is 0.314 e. The zero-order valence-electron chi connectivity index (χ0n) is 13.7. The maximum atomic E-state index is 11.6. The van der Waals surface area contributed by atoms with Gasteiger partial charge in [-0.05, 0) is 37.8 Å². The van der Waals surface area contributed by atoms with Crippen molar-refractivity contribution in [2.75, 3.05) is 13.1 Å².